The molecule has 2 unspecified atom stereocenters. The van der Waals surface area contributed by atoms with Crippen LogP contribution in [0.1, 0.15) is 50.0 Å². The molecule has 1 heterocycles. The van der Waals surface area contributed by atoms with Gasteiger partial charge in [-0.05, 0) is 56.9 Å². The number of hydrogen-bond acceptors (Lipinski definition) is 4. The van der Waals surface area contributed by atoms with Gasteiger partial charge < -0.3 is 19.6 Å². The number of rotatable bonds is 4. The predicted molar refractivity (Wildman–Crippen MR) is 92.8 cm³/mol. The summed E-state index contributed by atoms with van der Waals surface area (Å²) in [6.45, 7) is 4.92. The minimum Gasteiger partial charge on any atom is -0.481 e. The van der Waals surface area contributed by atoms with Crippen LogP contribution in [0.2, 0.25) is 0 Å². The molecule has 0 spiro atoms. The van der Waals surface area contributed by atoms with Crippen molar-refractivity contribution in [1.82, 2.24) is 5.32 Å². The molecule has 1 amide bonds. The van der Waals surface area contributed by atoms with E-state index in [0.29, 0.717) is 12.0 Å². The van der Waals surface area contributed by atoms with Crippen LogP contribution < -0.4 is 5.32 Å². The molecule has 9 heteroatoms. The van der Waals surface area contributed by atoms with E-state index in [0.717, 1.165) is 6.07 Å². The summed E-state index contributed by atoms with van der Waals surface area (Å²) in [5.74, 6) is -2.00. The van der Waals surface area contributed by atoms with Crippen LogP contribution in [0.15, 0.2) is 22.6 Å². The molecule has 1 aliphatic carbocycles. The molecule has 2 aromatic rings. The Morgan fingerprint density at radius 3 is 2.46 bits per heavy atom. The van der Waals surface area contributed by atoms with Gasteiger partial charge >= 0.3 is 18.2 Å². The van der Waals surface area contributed by atoms with Gasteiger partial charge in [0.2, 0.25) is 0 Å². The Morgan fingerprint density at radius 1 is 1.25 bits per heavy atom. The number of nitrogens with one attached hydrogen (secondary N) is 1. The highest BCUT2D eigenvalue weighted by Gasteiger charge is 2.45. The zero-order valence-corrected chi connectivity index (χ0v) is 15.5. The third kappa shape index (κ3) is 4.40. The number of carboxylic acids is 1. The maximum absolute atomic E-state index is 13.5. The molecular formula is C19H20F3NO5. The first-order valence-electron chi connectivity index (χ1n) is 8.68. The van der Waals surface area contributed by atoms with Crippen molar-refractivity contribution in [2.45, 2.75) is 51.4 Å². The van der Waals surface area contributed by atoms with Gasteiger partial charge in [-0.25, -0.2) is 4.79 Å². The van der Waals surface area contributed by atoms with Crippen molar-refractivity contribution in [1.29, 1.82) is 0 Å². The summed E-state index contributed by atoms with van der Waals surface area (Å²) in [4.78, 5) is 22.8. The smallest absolute Gasteiger partial charge is 0.420 e. The van der Waals surface area contributed by atoms with Gasteiger partial charge in [0.1, 0.15) is 16.9 Å². The summed E-state index contributed by atoms with van der Waals surface area (Å²) in [5.41, 5.74) is -1.69. The van der Waals surface area contributed by atoms with Crippen molar-refractivity contribution >= 4 is 23.0 Å². The first kappa shape index (κ1) is 20.0. The number of aliphatic carboxylic acids is 1. The molecule has 1 fully saturated rings. The van der Waals surface area contributed by atoms with Gasteiger partial charge in [-0.1, -0.05) is 0 Å². The van der Waals surface area contributed by atoms with Gasteiger partial charge in [0.25, 0.3) is 0 Å². The van der Waals surface area contributed by atoms with E-state index in [1.54, 1.807) is 20.8 Å². The van der Waals surface area contributed by atoms with Crippen LogP contribution >= 0.6 is 0 Å². The summed E-state index contributed by atoms with van der Waals surface area (Å²) in [6, 6.07) is 3.87. The van der Waals surface area contributed by atoms with Crippen LogP contribution in [0.3, 0.4) is 0 Å². The van der Waals surface area contributed by atoms with E-state index in [1.165, 1.54) is 12.1 Å². The van der Waals surface area contributed by atoms with Crippen molar-refractivity contribution in [2.75, 3.05) is 0 Å². The van der Waals surface area contributed by atoms with E-state index in [4.69, 9.17) is 14.3 Å². The van der Waals surface area contributed by atoms with E-state index in [-0.39, 0.29) is 23.3 Å². The summed E-state index contributed by atoms with van der Waals surface area (Å²) in [6.07, 6.45) is -5.06. The second-order valence-electron chi connectivity index (χ2n) is 7.84. The SMILES string of the molecule is CC(C)(C)OC(=O)NCc1cc2cc(C3CC3C(=O)O)cc(C(F)(F)F)c2o1. The van der Waals surface area contributed by atoms with Gasteiger partial charge in [-0.2, -0.15) is 13.2 Å². The number of carboxylic acid groups (broad SMARTS) is 1. The minimum absolute atomic E-state index is 0.133. The highest BCUT2D eigenvalue weighted by molar-refractivity contribution is 5.84. The van der Waals surface area contributed by atoms with Crippen LogP contribution in [0.25, 0.3) is 11.0 Å². The minimum atomic E-state index is -4.66. The zero-order valence-electron chi connectivity index (χ0n) is 15.5. The number of alkyl carbamates (subject to hydrolysis) is 1. The number of ether oxygens (including phenoxy) is 1. The Hall–Kier alpha value is -2.71. The first-order valence-corrected chi connectivity index (χ1v) is 8.68. The lowest BCUT2D eigenvalue weighted by atomic mass is 10.0. The average molecular weight is 399 g/mol. The Labute approximate surface area is 158 Å². The van der Waals surface area contributed by atoms with Crippen molar-refractivity contribution in [2.24, 2.45) is 5.92 Å². The molecule has 1 aromatic heterocycles. The molecule has 2 N–H and O–H groups in total. The summed E-state index contributed by atoms with van der Waals surface area (Å²) in [5, 5.41) is 11.7. The highest BCUT2D eigenvalue weighted by Crippen LogP contribution is 2.50. The second-order valence-corrected chi connectivity index (χ2v) is 7.84. The van der Waals surface area contributed by atoms with Gasteiger partial charge in [-0.15, -0.1) is 0 Å². The number of alkyl halides is 3. The quantitative estimate of drug-likeness (QED) is 0.780. The number of carbonyl (C=O) groups is 2. The van der Waals surface area contributed by atoms with Crippen molar-refractivity contribution in [3.8, 4) is 0 Å². The third-order valence-corrected chi connectivity index (χ3v) is 4.34. The molecule has 3 rings (SSSR count). The Balaban J connectivity index is 1.87. The molecule has 152 valence electrons. The molecule has 0 bridgehead atoms. The van der Waals surface area contributed by atoms with E-state index in [2.05, 4.69) is 5.32 Å². The van der Waals surface area contributed by atoms with Gasteiger partial charge in [0.15, 0.2) is 0 Å². The maximum atomic E-state index is 13.5. The fourth-order valence-corrected chi connectivity index (χ4v) is 3.05. The van der Waals surface area contributed by atoms with Crippen LogP contribution in [0.4, 0.5) is 18.0 Å². The lowest BCUT2D eigenvalue weighted by molar-refractivity contribution is -0.138. The normalized spacial score (nSPS) is 19.5. The topological polar surface area (TPSA) is 88.8 Å². The molecule has 0 radical (unpaired) electrons. The second kappa shape index (κ2) is 6.72. The van der Waals surface area contributed by atoms with E-state index >= 15 is 0 Å². The molecule has 6 nitrogen and oxygen atoms in total. The summed E-state index contributed by atoms with van der Waals surface area (Å²) in [7, 11) is 0. The number of benzene rings is 1. The van der Waals surface area contributed by atoms with E-state index < -0.39 is 41.2 Å². The van der Waals surface area contributed by atoms with E-state index in [1.807, 2.05) is 0 Å². The lowest BCUT2D eigenvalue weighted by Crippen LogP contribution is -2.32. The molecular weight excluding hydrogens is 379 g/mol. The Morgan fingerprint density at radius 2 is 1.93 bits per heavy atom. The predicted octanol–water partition coefficient (Wildman–Crippen LogP) is 4.66. The zero-order chi connectivity index (χ0) is 20.9. The van der Waals surface area contributed by atoms with E-state index in [9.17, 15) is 22.8 Å². The fourth-order valence-electron chi connectivity index (χ4n) is 3.05. The molecule has 1 saturated carbocycles. The number of amides is 1. The molecule has 1 aliphatic rings. The van der Waals surface area contributed by atoms with Crippen molar-refractivity contribution < 1.29 is 37.0 Å². The van der Waals surface area contributed by atoms with Gasteiger partial charge in [0, 0.05) is 5.39 Å². The molecule has 28 heavy (non-hydrogen) atoms. The Kier molecular flexibility index (Phi) is 4.81. The standard InChI is InChI=1S/C19H20F3NO5/c1-18(2,3)28-17(26)23-8-11-5-10-4-9(12-7-13(12)16(24)25)6-14(15(10)27-11)19(20,21)22/h4-6,12-13H,7-8H2,1-3H3,(H,23,26)(H,24,25). The third-order valence-electron chi connectivity index (χ3n) is 4.34. The van der Waals surface area contributed by atoms with Gasteiger partial charge in [-0.3, -0.25) is 4.79 Å². The van der Waals surface area contributed by atoms with Crippen LogP contribution in [-0.4, -0.2) is 22.8 Å². The van der Waals surface area contributed by atoms with Gasteiger partial charge in [0.05, 0.1) is 18.0 Å². The molecule has 0 saturated heterocycles. The number of halogens is 3. The number of fused-ring (bicyclic) bond motifs is 1. The maximum Gasteiger partial charge on any atom is 0.420 e. The summed E-state index contributed by atoms with van der Waals surface area (Å²) < 4.78 is 50.8. The van der Waals surface area contributed by atoms with Crippen LogP contribution in [0.5, 0.6) is 0 Å². The Bertz CT molecular complexity index is 926. The van der Waals surface area contributed by atoms with Crippen molar-refractivity contribution in [3.05, 3.63) is 35.1 Å². The monoisotopic (exact) mass is 399 g/mol. The largest absolute Gasteiger partial charge is 0.481 e. The lowest BCUT2D eigenvalue weighted by Gasteiger charge is -2.19. The molecule has 1 aromatic carbocycles. The number of hydrogen-bond donors (Lipinski definition) is 2. The molecule has 0 aliphatic heterocycles. The number of furan rings is 1. The number of carbonyl (C=O) groups excluding carboxylic acids is 1. The first-order chi connectivity index (χ1) is 12.8. The van der Waals surface area contributed by atoms with Crippen LogP contribution in [-0.2, 0) is 22.3 Å². The average Bonchev–Trinajstić information content (AvgIpc) is 3.23. The molecule has 2 atom stereocenters. The van der Waals surface area contributed by atoms with Crippen LogP contribution in [0, 0.1) is 5.92 Å². The fraction of sp³-hybridized carbons (Fsp3) is 0.474. The highest BCUT2D eigenvalue weighted by atomic mass is 19.4. The summed E-state index contributed by atoms with van der Waals surface area (Å²) >= 11 is 0. The van der Waals surface area contributed by atoms with Crippen molar-refractivity contribution in [3.63, 3.8) is 0 Å².